The fourth-order valence-electron chi connectivity index (χ4n) is 4.50. The number of carbonyl (C=O) groups is 2. The molecule has 1 aliphatic rings. The van der Waals surface area contributed by atoms with Gasteiger partial charge in [0.15, 0.2) is 0 Å². The Hall–Kier alpha value is -3.44. The summed E-state index contributed by atoms with van der Waals surface area (Å²) < 4.78 is 1.99. The number of hydrogen-bond donors (Lipinski definition) is 0. The van der Waals surface area contributed by atoms with Gasteiger partial charge in [-0.3, -0.25) is 9.69 Å². The molecule has 35 heavy (non-hydrogen) atoms. The Morgan fingerprint density at radius 3 is 2.43 bits per heavy atom. The van der Waals surface area contributed by atoms with Crippen LogP contribution in [0.3, 0.4) is 0 Å². The van der Waals surface area contributed by atoms with Crippen molar-refractivity contribution in [3.05, 3.63) is 58.6 Å². The predicted octanol–water partition coefficient (Wildman–Crippen LogP) is 4.99. The molecular formula is C26H29ClN6O2. The van der Waals surface area contributed by atoms with E-state index in [-0.39, 0.29) is 35.6 Å². The average molecular weight is 493 g/mol. The lowest BCUT2D eigenvalue weighted by Crippen LogP contribution is -2.38. The molecule has 1 saturated heterocycles. The van der Waals surface area contributed by atoms with Gasteiger partial charge in [0.1, 0.15) is 17.8 Å². The Balaban J connectivity index is 1.70. The van der Waals surface area contributed by atoms with Gasteiger partial charge in [0, 0.05) is 35.4 Å². The lowest BCUT2D eigenvalue weighted by molar-refractivity contribution is -0.129. The van der Waals surface area contributed by atoms with Gasteiger partial charge in [-0.05, 0) is 35.1 Å². The number of aromatic nitrogens is 3. The zero-order valence-corrected chi connectivity index (χ0v) is 21.4. The molecule has 0 unspecified atom stereocenters. The molecule has 1 atom stereocenters. The van der Waals surface area contributed by atoms with Gasteiger partial charge in [-0.25, -0.2) is 14.8 Å². The van der Waals surface area contributed by atoms with Crippen LogP contribution in [0.15, 0.2) is 36.5 Å². The maximum Gasteiger partial charge on any atom is 0.328 e. The monoisotopic (exact) mass is 492 g/mol. The second-order valence-electron chi connectivity index (χ2n) is 10.5. The molecular weight excluding hydrogens is 464 g/mol. The summed E-state index contributed by atoms with van der Waals surface area (Å²) in [6.07, 6.45) is 1.61. The standard InChI is InChI=1S/C26H29ClN6O2/c1-16(2)22-24(34)32(25(35)31(22)13-17-6-8-19(27)9-7-17)14-20-10-18-12-29-21(11-28)30-23(18)33(20)15-26(3,4)5/h6-10,12,16,22H,13-15H2,1-5H3/t22-/m1/s1. The number of halogens is 1. The van der Waals surface area contributed by atoms with Crippen LogP contribution < -0.4 is 0 Å². The van der Waals surface area contributed by atoms with Crippen LogP contribution >= 0.6 is 11.6 Å². The summed E-state index contributed by atoms with van der Waals surface area (Å²) in [6, 6.07) is 10.3. The minimum absolute atomic E-state index is 0.0479. The van der Waals surface area contributed by atoms with E-state index in [1.54, 1.807) is 23.2 Å². The molecule has 0 aliphatic carbocycles. The van der Waals surface area contributed by atoms with Crippen molar-refractivity contribution in [3.8, 4) is 6.07 Å². The highest BCUT2D eigenvalue weighted by Crippen LogP contribution is 2.30. The van der Waals surface area contributed by atoms with Crippen molar-refractivity contribution in [1.29, 1.82) is 5.26 Å². The van der Waals surface area contributed by atoms with Crippen LogP contribution in [0.2, 0.25) is 5.02 Å². The molecule has 3 amide bonds. The molecule has 1 fully saturated rings. The van der Waals surface area contributed by atoms with E-state index < -0.39 is 6.04 Å². The van der Waals surface area contributed by atoms with Crippen molar-refractivity contribution >= 4 is 34.6 Å². The van der Waals surface area contributed by atoms with E-state index in [0.29, 0.717) is 23.8 Å². The molecule has 0 bridgehead atoms. The van der Waals surface area contributed by atoms with E-state index in [4.69, 9.17) is 11.6 Å². The first-order valence-electron chi connectivity index (χ1n) is 11.6. The second-order valence-corrected chi connectivity index (χ2v) is 11.0. The van der Waals surface area contributed by atoms with E-state index in [1.807, 2.05) is 42.7 Å². The molecule has 182 valence electrons. The van der Waals surface area contributed by atoms with E-state index in [9.17, 15) is 14.9 Å². The minimum atomic E-state index is -0.552. The molecule has 1 aliphatic heterocycles. The van der Waals surface area contributed by atoms with Gasteiger partial charge in [-0.1, -0.05) is 58.4 Å². The number of imide groups is 1. The van der Waals surface area contributed by atoms with Crippen LogP contribution in [0.5, 0.6) is 0 Å². The van der Waals surface area contributed by atoms with Gasteiger partial charge < -0.3 is 9.47 Å². The lowest BCUT2D eigenvalue weighted by Gasteiger charge is -2.24. The largest absolute Gasteiger partial charge is 0.328 e. The molecule has 9 heteroatoms. The Morgan fingerprint density at radius 1 is 1.14 bits per heavy atom. The zero-order valence-electron chi connectivity index (χ0n) is 20.6. The molecule has 0 N–H and O–H groups in total. The number of rotatable bonds is 6. The van der Waals surface area contributed by atoms with Crippen molar-refractivity contribution in [2.24, 2.45) is 11.3 Å². The normalized spacial score (nSPS) is 16.6. The number of hydrogen-bond acceptors (Lipinski definition) is 5. The summed E-state index contributed by atoms with van der Waals surface area (Å²) in [5.41, 5.74) is 2.21. The molecule has 8 nitrogen and oxygen atoms in total. The van der Waals surface area contributed by atoms with Gasteiger partial charge >= 0.3 is 6.03 Å². The first-order valence-corrected chi connectivity index (χ1v) is 12.0. The van der Waals surface area contributed by atoms with Crippen molar-refractivity contribution in [2.75, 3.05) is 0 Å². The highest BCUT2D eigenvalue weighted by Gasteiger charge is 2.46. The van der Waals surface area contributed by atoms with Crippen LogP contribution in [0.4, 0.5) is 4.79 Å². The number of benzene rings is 1. The van der Waals surface area contributed by atoms with Crippen LogP contribution in [-0.2, 0) is 24.4 Å². The number of urea groups is 1. The van der Waals surface area contributed by atoms with Crippen LogP contribution in [0, 0.1) is 22.7 Å². The predicted molar refractivity (Wildman–Crippen MR) is 133 cm³/mol. The molecule has 2 aromatic heterocycles. The lowest BCUT2D eigenvalue weighted by atomic mass is 9.97. The van der Waals surface area contributed by atoms with Crippen molar-refractivity contribution in [2.45, 2.75) is 60.3 Å². The van der Waals surface area contributed by atoms with E-state index in [1.165, 1.54) is 4.90 Å². The molecule has 0 spiro atoms. The van der Waals surface area contributed by atoms with Gasteiger partial charge in [0.2, 0.25) is 5.82 Å². The highest BCUT2D eigenvalue weighted by molar-refractivity contribution is 6.30. The Labute approximate surface area is 210 Å². The zero-order chi connectivity index (χ0) is 25.5. The minimum Gasteiger partial charge on any atom is -0.327 e. The number of nitriles is 1. The van der Waals surface area contributed by atoms with Gasteiger partial charge in [-0.2, -0.15) is 5.26 Å². The molecule has 0 saturated carbocycles. The maximum absolute atomic E-state index is 13.5. The third-order valence-electron chi connectivity index (χ3n) is 6.00. The van der Waals surface area contributed by atoms with Crippen molar-refractivity contribution < 1.29 is 9.59 Å². The Bertz CT molecular complexity index is 1320. The molecule has 3 heterocycles. The summed E-state index contributed by atoms with van der Waals surface area (Å²) in [7, 11) is 0. The van der Waals surface area contributed by atoms with E-state index in [2.05, 4.69) is 30.7 Å². The fraction of sp³-hybridized carbons (Fsp3) is 0.423. The first kappa shape index (κ1) is 24.7. The van der Waals surface area contributed by atoms with Crippen LogP contribution in [0.25, 0.3) is 11.0 Å². The third-order valence-corrected chi connectivity index (χ3v) is 6.25. The Morgan fingerprint density at radius 2 is 1.83 bits per heavy atom. The average Bonchev–Trinajstić information content (AvgIpc) is 3.23. The quantitative estimate of drug-likeness (QED) is 0.451. The van der Waals surface area contributed by atoms with Crippen LogP contribution in [-0.4, -0.2) is 42.3 Å². The van der Waals surface area contributed by atoms with Crippen molar-refractivity contribution in [3.63, 3.8) is 0 Å². The topological polar surface area (TPSA) is 95.1 Å². The van der Waals surface area contributed by atoms with Gasteiger partial charge in [0.25, 0.3) is 5.91 Å². The van der Waals surface area contributed by atoms with Crippen LogP contribution in [0.1, 0.15) is 51.7 Å². The maximum atomic E-state index is 13.5. The van der Waals surface area contributed by atoms with Gasteiger partial charge in [0.05, 0.1) is 6.54 Å². The molecule has 3 aromatic rings. The second kappa shape index (κ2) is 9.31. The highest BCUT2D eigenvalue weighted by atomic mass is 35.5. The summed E-state index contributed by atoms with van der Waals surface area (Å²) in [5, 5.41) is 10.7. The summed E-state index contributed by atoms with van der Waals surface area (Å²) in [5.74, 6) is -0.178. The summed E-state index contributed by atoms with van der Waals surface area (Å²) >= 11 is 6.01. The van der Waals surface area contributed by atoms with Crippen molar-refractivity contribution in [1.82, 2.24) is 24.3 Å². The fourth-order valence-corrected chi connectivity index (χ4v) is 4.62. The third kappa shape index (κ3) is 5.01. The number of carbonyl (C=O) groups excluding carboxylic acids is 2. The summed E-state index contributed by atoms with van der Waals surface area (Å²) in [6.45, 7) is 11.2. The number of nitrogens with zero attached hydrogens (tertiary/aromatic N) is 6. The smallest absolute Gasteiger partial charge is 0.327 e. The van der Waals surface area contributed by atoms with E-state index >= 15 is 0 Å². The SMILES string of the molecule is CC(C)[C@@H]1C(=O)N(Cc2cc3cnc(C#N)nc3n2CC(C)(C)C)C(=O)N1Cc1ccc(Cl)cc1. The van der Waals surface area contributed by atoms with Gasteiger partial charge in [-0.15, -0.1) is 0 Å². The molecule has 0 radical (unpaired) electrons. The Kier molecular flexibility index (Phi) is 6.56. The number of amides is 3. The summed E-state index contributed by atoms with van der Waals surface area (Å²) in [4.78, 5) is 38.5. The first-order chi connectivity index (χ1) is 16.5. The molecule has 1 aromatic carbocycles. The van der Waals surface area contributed by atoms with E-state index in [0.717, 1.165) is 16.6 Å². The number of fused-ring (bicyclic) bond motifs is 1. The molecule has 4 rings (SSSR count).